The molecule has 0 bridgehead atoms. The molecule has 0 aliphatic heterocycles. The van der Waals surface area contributed by atoms with E-state index in [9.17, 15) is 32.3 Å². The first-order chi connectivity index (χ1) is 10.1. The van der Waals surface area contributed by atoms with Crippen LogP contribution < -0.4 is 5.32 Å². The molecular formula is C14H19F4NO4. The van der Waals surface area contributed by atoms with Gasteiger partial charge in [0.1, 0.15) is 11.0 Å². The number of fused-ring (bicyclic) bond motifs is 1. The molecule has 23 heavy (non-hydrogen) atoms. The molecular weight excluding hydrogens is 322 g/mol. The number of aliphatic carboxylic acids is 1. The zero-order valence-corrected chi connectivity index (χ0v) is 13.0. The van der Waals surface area contributed by atoms with Crippen molar-refractivity contribution in [1.82, 2.24) is 5.32 Å². The van der Waals surface area contributed by atoms with Crippen molar-refractivity contribution >= 4 is 12.1 Å². The first-order valence-corrected chi connectivity index (χ1v) is 7.12. The molecule has 2 aliphatic rings. The van der Waals surface area contributed by atoms with Crippen molar-refractivity contribution in [3.8, 4) is 0 Å². The van der Waals surface area contributed by atoms with Crippen LogP contribution in [0.25, 0.3) is 0 Å². The van der Waals surface area contributed by atoms with Crippen LogP contribution in [0.2, 0.25) is 0 Å². The molecule has 0 spiro atoms. The van der Waals surface area contributed by atoms with Crippen LogP contribution in [0.3, 0.4) is 0 Å². The van der Waals surface area contributed by atoms with E-state index in [-0.39, 0.29) is 0 Å². The van der Waals surface area contributed by atoms with Gasteiger partial charge in [-0.3, -0.25) is 4.79 Å². The van der Waals surface area contributed by atoms with Gasteiger partial charge in [0.15, 0.2) is 0 Å². The van der Waals surface area contributed by atoms with Gasteiger partial charge in [0.25, 0.3) is 11.8 Å². The number of alkyl carbamates (subject to hydrolysis) is 1. The van der Waals surface area contributed by atoms with Crippen LogP contribution in [0.5, 0.6) is 0 Å². The maximum absolute atomic E-state index is 13.9. The van der Waals surface area contributed by atoms with E-state index in [2.05, 4.69) is 0 Å². The zero-order chi connectivity index (χ0) is 17.9. The Bertz CT molecular complexity index is 521. The van der Waals surface area contributed by atoms with Crippen molar-refractivity contribution in [3.05, 3.63) is 0 Å². The number of ether oxygens (including phenoxy) is 1. The second-order valence-electron chi connectivity index (χ2n) is 7.52. The van der Waals surface area contributed by atoms with E-state index in [1.54, 1.807) is 0 Å². The molecule has 1 amide bonds. The molecule has 0 aromatic rings. The lowest BCUT2D eigenvalue weighted by molar-refractivity contribution is -0.154. The van der Waals surface area contributed by atoms with Gasteiger partial charge < -0.3 is 15.2 Å². The lowest BCUT2D eigenvalue weighted by atomic mass is 9.74. The number of halogens is 4. The number of carboxylic acids is 1. The number of carbonyl (C=O) groups excluding carboxylic acids is 1. The van der Waals surface area contributed by atoms with Gasteiger partial charge in [0.05, 0.1) is 5.54 Å². The standard InChI is InChI=1S/C14H19F4NO4/c1-10(2,3)23-9(22)19-12-6-13(15,16)4-11(12,8(20)21)5-14(17,18)7-12/h4-7H2,1-3H3,(H,19,22)(H,20,21). The summed E-state index contributed by atoms with van der Waals surface area (Å²) < 4.78 is 60.4. The molecule has 2 saturated carbocycles. The van der Waals surface area contributed by atoms with Gasteiger partial charge in [0, 0.05) is 25.7 Å². The molecule has 132 valence electrons. The van der Waals surface area contributed by atoms with E-state index in [4.69, 9.17) is 4.74 Å². The Hall–Kier alpha value is -1.54. The number of hydrogen-bond acceptors (Lipinski definition) is 3. The Morgan fingerprint density at radius 2 is 1.43 bits per heavy atom. The third-order valence-corrected chi connectivity index (χ3v) is 4.31. The van der Waals surface area contributed by atoms with Crippen molar-refractivity contribution in [2.75, 3.05) is 0 Å². The third kappa shape index (κ3) is 3.10. The van der Waals surface area contributed by atoms with E-state index >= 15 is 0 Å². The summed E-state index contributed by atoms with van der Waals surface area (Å²) in [6.07, 6.45) is -5.96. The summed E-state index contributed by atoms with van der Waals surface area (Å²) in [5, 5.41) is 11.4. The van der Waals surface area contributed by atoms with Crippen LogP contribution in [0.4, 0.5) is 22.4 Å². The highest BCUT2D eigenvalue weighted by atomic mass is 19.3. The van der Waals surface area contributed by atoms with Gasteiger partial charge in [-0.05, 0) is 20.8 Å². The smallest absolute Gasteiger partial charge is 0.408 e. The van der Waals surface area contributed by atoms with Crippen LogP contribution in [-0.2, 0) is 9.53 Å². The Morgan fingerprint density at radius 3 is 1.78 bits per heavy atom. The molecule has 0 unspecified atom stereocenters. The predicted molar refractivity (Wildman–Crippen MR) is 70.5 cm³/mol. The highest BCUT2D eigenvalue weighted by Gasteiger charge is 2.77. The Morgan fingerprint density at radius 1 is 1.00 bits per heavy atom. The fraction of sp³-hybridized carbons (Fsp3) is 0.857. The number of hydrogen-bond donors (Lipinski definition) is 2. The van der Waals surface area contributed by atoms with Crippen LogP contribution >= 0.6 is 0 Å². The van der Waals surface area contributed by atoms with Crippen molar-refractivity contribution in [2.45, 2.75) is 69.4 Å². The van der Waals surface area contributed by atoms with Crippen molar-refractivity contribution < 1.29 is 37.0 Å². The maximum Gasteiger partial charge on any atom is 0.408 e. The highest BCUT2D eigenvalue weighted by Crippen LogP contribution is 2.65. The molecule has 0 aromatic carbocycles. The van der Waals surface area contributed by atoms with E-state index in [0.29, 0.717) is 0 Å². The summed E-state index contributed by atoms with van der Waals surface area (Å²) in [4.78, 5) is 23.5. The summed E-state index contributed by atoms with van der Waals surface area (Å²) in [5.74, 6) is -8.67. The second kappa shape index (κ2) is 4.73. The fourth-order valence-electron chi connectivity index (χ4n) is 3.76. The van der Waals surface area contributed by atoms with E-state index in [1.165, 1.54) is 20.8 Å². The monoisotopic (exact) mass is 341 g/mol. The molecule has 9 heteroatoms. The minimum absolute atomic E-state index is 0.977. The lowest BCUT2D eigenvalue weighted by Crippen LogP contribution is -2.58. The zero-order valence-electron chi connectivity index (χ0n) is 13.0. The molecule has 2 N–H and O–H groups in total. The van der Waals surface area contributed by atoms with Crippen molar-refractivity contribution in [1.29, 1.82) is 0 Å². The average Bonchev–Trinajstić information content (AvgIpc) is 2.52. The number of amides is 1. The summed E-state index contributed by atoms with van der Waals surface area (Å²) in [7, 11) is 0. The molecule has 0 aromatic heterocycles. The van der Waals surface area contributed by atoms with E-state index < -0.39 is 66.1 Å². The first-order valence-electron chi connectivity index (χ1n) is 7.12. The van der Waals surface area contributed by atoms with Gasteiger partial charge >= 0.3 is 12.1 Å². The summed E-state index contributed by atoms with van der Waals surface area (Å²) in [6, 6.07) is 0. The summed E-state index contributed by atoms with van der Waals surface area (Å²) in [5.41, 5.74) is -5.64. The van der Waals surface area contributed by atoms with Crippen molar-refractivity contribution in [3.63, 3.8) is 0 Å². The van der Waals surface area contributed by atoms with Gasteiger partial charge in [-0.15, -0.1) is 0 Å². The summed E-state index contributed by atoms with van der Waals surface area (Å²) >= 11 is 0. The lowest BCUT2D eigenvalue weighted by Gasteiger charge is -2.36. The first kappa shape index (κ1) is 17.8. The quantitative estimate of drug-likeness (QED) is 0.757. The van der Waals surface area contributed by atoms with Crippen LogP contribution in [-0.4, -0.2) is 40.2 Å². The van der Waals surface area contributed by atoms with Gasteiger partial charge in [-0.25, -0.2) is 22.4 Å². The molecule has 0 saturated heterocycles. The minimum atomic E-state index is -3.45. The molecule has 0 atom stereocenters. The van der Waals surface area contributed by atoms with Gasteiger partial charge in [-0.2, -0.15) is 0 Å². The molecule has 2 rings (SSSR count). The summed E-state index contributed by atoms with van der Waals surface area (Å²) in [6.45, 7) is 4.55. The number of alkyl halides is 4. The second-order valence-corrected chi connectivity index (χ2v) is 7.52. The topological polar surface area (TPSA) is 75.6 Å². The van der Waals surface area contributed by atoms with Crippen LogP contribution in [0.15, 0.2) is 0 Å². The number of carbonyl (C=O) groups is 2. The Kier molecular flexibility index (Phi) is 3.66. The molecule has 0 radical (unpaired) electrons. The number of nitrogens with one attached hydrogen (secondary N) is 1. The average molecular weight is 341 g/mol. The minimum Gasteiger partial charge on any atom is -0.481 e. The SMILES string of the molecule is CC(C)(C)OC(=O)NC12CC(F)(F)CC1(C(=O)O)CC(F)(F)C2. The molecule has 5 nitrogen and oxygen atoms in total. The fourth-order valence-corrected chi connectivity index (χ4v) is 3.76. The van der Waals surface area contributed by atoms with E-state index in [1.807, 2.05) is 5.32 Å². The third-order valence-electron chi connectivity index (χ3n) is 4.31. The highest BCUT2D eigenvalue weighted by molar-refractivity contribution is 5.81. The Labute approximate surface area is 130 Å². The van der Waals surface area contributed by atoms with Crippen LogP contribution in [0, 0.1) is 5.41 Å². The van der Waals surface area contributed by atoms with Gasteiger partial charge in [-0.1, -0.05) is 0 Å². The maximum atomic E-state index is 13.9. The molecule has 2 aliphatic carbocycles. The molecule has 2 fully saturated rings. The number of rotatable bonds is 2. The van der Waals surface area contributed by atoms with Gasteiger partial charge in [0.2, 0.25) is 0 Å². The van der Waals surface area contributed by atoms with E-state index in [0.717, 1.165) is 0 Å². The largest absolute Gasteiger partial charge is 0.481 e. The normalized spacial score (nSPS) is 34.7. The Balaban J connectivity index is 2.41. The molecule has 0 heterocycles. The predicted octanol–water partition coefficient (Wildman–Crippen LogP) is 3.18. The number of carboxylic acid groups (broad SMARTS) is 1. The van der Waals surface area contributed by atoms with Crippen molar-refractivity contribution in [2.24, 2.45) is 5.41 Å². The van der Waals surface area contributed by atoms with Crippen LogP contribution in [0.1, 0.15) is 46.5 Å².